The molecule has 1 N–H and O–H groups in total. The molecule has 0 aliphatic heterocycles. The summed E-state index contributed by atoms with van der Waals surface area (Å²) in [5, 5.41) is 6.56. The van der Waals surface area contributed by atoms with Gasteiger partial charge < -0.3 is 9.47 Å². The summed E-state index contributed by atoms with van der Waals surface area (Å²) in [6.07, 6.45) is 2.61. The normalized spacial score (nSPS) is 10.2. The number of carbonyl (C=O) groups is 1. The monoisotopic (exact) mass is 236 g/mol. The Hall–Kier alpha value is -2.31. The maximum atomic E-state index is 11.2. The number of nitrogens with one attached hydrogen (secondary N) is 1. The van der Waals surface area contributed by atoms with Gasteiger partial charge in [-0.2, -0.15) is 5.10 Å². The third kappa shape index (κ3) is 2.44. The lowest BCUT2D eigenvalue weighted by Gasteiger charge is -1.99. The number of imidazole rings is 1. The van der Waals surface area contributed by atoms with Crippen LogP contribution in [0, 0.1) is 0 Å². The maximum Gasteiger partial charge on any atom is 0.412 e. The molecule has 1 amide bonds. The van der Waals surface area contributed by atoms with Gasteiger partial charge in [0.25, 0.3) is 0 Å². The Bertz CT molecular complexity index is 537. The van der Waals surface area contributed by atoms with Crippen LogP contribution in [0.15, 0.2) is 18.5 Å². The van der Waals surface area contributed by atoms with Crippen molar-refractivity contribution in [3.63, 3.8) is 0 Å². The van der Waals surface area contributed by atoms with E-state index in [0.29, 0.717) is 23.8 Å². The number of anilines is 1. The Morgan fingerprint density at radius 2 is 2.41 bits per heavy atom. The molecule has 2 aromatic heterocycles. The standard InChI is InChI=1S/C10H12N4O3/c1-3-17-10(15)13-8-6-14-9(12-8)4-7(16-2)5-11-14/h4-6H,3H2,1-2H3,(H,13,15). The summed E-state index contributed by atoms with van der Waals surface area (Å²) in [6.45, 7) is 2.04. The molecule has 7 heteroatoms. The van der Waals surface area contributed by atoms with Crippen molar-refractivity contribution in [1.29, 1.82) is 0 Å². The van der Waals surface area contributed by atoms with Crippen LogP contribution in [0.4, 0.5) is 10.6 Å². The molecular weight excluding hydrogens is 224 g/mol. The summed E-state index contributed by atoms with van der Waals surface area (Å²) in [5.41, 5.74) is 0.580. The van der Waals surface area contributed by atoms with Gasteiger partial charge in [0.15, 0.2) is 11.5 Å². The van der Waals surface area contributed by atoms with E-state index in [4.69, 9.17) is 9.47 Å². The molecule has 17 heavy (non-hydrogen) atoms. The van der Waals surface area contributed by atoms with E-state index >= 15 is 0 Å². The fraction of sp³-hybridized carbons (Fsp3) is 0.300. The lowest BCUT2D eigenvalue weighted by Crippen LogP contribution is -2.13. The number of nitrogens with zero attached hydrogens (tertiary/aromatic N) is 3. The van der Waals surface area contributed by atoms with Crippen LogP contribution in [0.2, 0.25) is 0 Å². The van der Waals surface area contributed by atoms with Crippen molar-refractivity contribution < 1.29 is 14.3 Å². The number of fused-ring (bicyclic) bond motifs is 1. The number of aromatic nitrogens is 3. The van der Waals surface area contributed by atoms with Crippen molar-refractivity contribution in [2.24, 2.45) is 0 Å². The molecule has 0 aromatic carbocycles. The second-order valence-corrected chi connectivity index (χ2v) is 3.17. The van der Waals surface area contributed by atoms with Crippen molar-refractivity contribution in [1.82, 2.24) is 14.6 Å². The average molecular weight is 236 g/mol. The lowest BCUT2D eigenvalue weighted by atomic mass is 10.5. The zero-order chi connectivity index (χ0) is 12.3. The van der Waals surface area contributed by atoms with Crippen molar-refractivity contribution in [2.45, 2.75) is 6.92 Å². The van der Waals surface area contributed by atoms with Gasteiger partial charge in [0.1, 0.15) is 5.75 Å². The van der Waals surface area contributed by atoms with E-state index in [1.807, 2.05) is 0 Å². The Morgan fingerprint density at radius 3 is 3.12 bits per heavy atom. The average Bonchev–Trinajstić information content (AvgIpc) is 2.69. The van der Waals surface area contributed by atoms with Crippen LogP contribution in [0.3, 0.4) is 0 Å². The van der Waals surface area contributed by atoms with Gasteiger partial charge in [-0.15, -0.1) is 0 Å². The molecule has 0 bridgehead atoms. The zero-order valence-corrected chi connectivity index (χ0v) is 9.51. The number of methoxy groups -OCH3 is 1. The Balaban J connectivity index is 2.22. The van der Waals surface area contributed by atoms with E-state index < -0.39 is 6.09 Å². The second-order valence-electron chi connectivity index (χ2n) is 3.17. The SMILES string of the molecule is CCOC(=O)Nc1cn2ncc(OC)cc2n1. The van der Waals surface area contributed by atoms with Crippen molar-refractivity contribution >= 4 is 17.6 Å². The van der Waals surface area contributed by atoms with Crippen LogP contribution >= 0.6 is 0 Å². The van der Waals surface area contributed by atoms with Gasteiger partial charge >= 0.3 is 6.09 Å². The molecule has 0 atom stereocenters. The summed E-state index contributed by atoms with van der Waals surface area (Å²) >= 11 is 0. The number of hydrogen-bond acceptors (Lipinski definition) is 5. The molecule has 2 heterocycles. The van der Waals surface area contributed by atoms with Crippen LogP contribution in [0.1, 0.15) is 6.92 Å². The van der Waals surface area contributed by atoms with Gasteiger partial charge in [0, 0.05) is 6.07 Å². The number of hydrogen-bond donors (Lipinski definition) is 1. The van der Waals surface area contributed by atoms with E-state index in [1.165, 1.54) is 4.52 Å². The molecule has 0 aliphatic rings. The van der Waals surface area contributed by atoms with Gasteiger partial charge in [-0.05, 0) is 6.92 Å². The highest BCUT2D eigenvalue weighted by Crippen LogP contribution is 2.14. The smallest absolute Gasteiger partial charge is 0.412 e. The van der Waals surface area contributed by atoms with Crippen LogP contribution in [-0.4, -0.2) is 34.4 Å². The Kier molecular flexibility index (Phi) is 3.08. The van der Waals surface area contributed by atoms with Gasteiger partial charge in [0.2, 0.25) is 0 Å². The molecule has 0 saturated carbocycles. The first kappa shape index (κ1) is 11.2. The van der Waals surface area contributed by atoms with E-state index in [0.717, 1.165) is 0 Å². The van der Waals surface area contributed by atoms with Crippen LogP contribution < -0.4 is 10.1 Å². The summed E-state index contributed by atoms with van der Waals surface area (Å²) < 4.78 is 11.3. The number of amides is 1. The van der Waals surface area contributed by atoms with Gasteiger partial charge in [-0.3, -0.25) is 5.32 Å². The van der Waals surface area contributed by atoms with E-state index in [-0.39, 0.29) is 0 Å². The number of rotatable bonds is 3. The fourth-order valence-electron chi connectivity index (χ4n) is 1.30. The molecule has 0 spiro atoms. The fourth-order valence-corrected chi connectivity index (χ4v) is 1.30. The molecule has 0 radical (unpaired) electrons. The zero-order valence-electron chi connectivity index (χ0n) is 9.51. The molecule has 90 valence electrons. The largest absolute Gasteiger partial charge is 0.495 e. The summed E-state index contributed by atoms with van der Waals surface area (Å²) in [6, 6.07) is 1.71. The number of carbonyl (C=O) groups excluding carboxylic acids is 1. The summed E-state index contributed by atoms with van der Waals surface area (Å²) in [5.74, 6) is 0.981. The van der Waals surface area contributed by atoms with Crippen LogP contribution in [0.25, 0.3) is 5.65 Å². The molecule has 2 aromatic rings. The van der Waals surface area contributed by atoms with Crippen LogP contribution in [-0.2, 0) is 4.74 Å². The first-order valence-electron chi connectivity index (χ1n) is 5.06. The first-order valence-corrected chi connectivity index (χ1v) is 5.06. The Labute approximate surface area is 97.4 Å². The molecule has 2 rings (SSSR count). The third-order valence-corrected chi connectivity index (χ3v) is 2.04. The van der Waals surface area contributed by atoms with Gasteiger partial charge in [-0.1, -0.05) is 0 Å². The van der Waals surface area contributed by atoms with Gasteiger partial charge in [0.05, 0.1) is 26.1 Å². The molecule has 7 nitrogen and oxygen atoms in total. The highest BCUT2D eigenvalue weighted by molar-refractivity contribution is 5.83. The Morgan fingerprint density at radius 1 is 1.59 bits per heavy atom. The first-order chi connectivity index (χ1) is 8.22. The highest BCUT2D eigenvalue weighted by Gasteiger charge is 2.07. The molecule has 0 aliphatic carbocycles. The van der Waals surface area contributed by atoms with E-state index in [1.54, 1.807) is 32.5 Å². The maximum absolute atomic E-state index is 11.2. The van der Waals surface area contributed by atoms with Crippen molar-refractivity contribution in [3.8, 4) is 5.75 Å². The minimum atomic E-state index is -0.539. The minimum absolute atomic E-state index is 0.311. The quantitative estimate of drug-likeness (QED) is 0.869. The molecule has 0 fully saturated rings. The molecular formula is C10H12N4O3. The van der Waals surface area contributed by atoms with E-state index in [2.05, 4.69) is 15.4 Å². The minimum Gasteiger partial charge on any atom is -0.495 e. The third-order valence-electron chi connectivity index (χ3n) is 2.04. The second kappa shape index (κ2) is 4.69. The highest BCUT2D eigenvalue weighted by atomic mass is 16.5. The predicted molar refractivity (Wildman–Crippen MR) is 60.2 cm³/mol. The van der Waals surface area contributed by atoms with Crippen molar-refractivity contribution in [2.75, 3.05) is 19.0 Å². The summed E-state index contributed by atoms with van der Waals surface area (Å²) in [4.78, 5) is 15.3. The van der Waals surface area contributed by atoms with E-state index in [9.17, 15) is 4.79 Å². The summed E-state index contributed by atoms with van der Waals surface area (Å²) in [7, 11) is 1.55. The van der Waals surface area contributed by atoms with Crippen molar-refractivity contribution in [3.05, 3.63) is 18.5 Å². The lowest BCUT2D eigenvalue weighted by molar-refractivity contribution is 0.168. The predicted octanol–water partition coefficient (Wildman–Crippen LogP) is 1.31. The van der Waals surface area contributed by atoms with Gasteiger partial charge in [-0.25, -0.2) is 14.3 Å². The molecule has 0 unspecified atom stereocenters. The van der Waals surface area contributed by atoms with Crippen LogP contribution in [0.5, 0.6) is 5.75 Å². The molecule has 0 saturated heterocycles. The number of ether oxygens (including phenoxy) is 2. The topological polar surface area (TPSA) is 77.8 Å².